The summed E-state index contributed by atoms with van der Waals surface area (Å²) in [5.41, 5.74) is 0.988. The van der Waals surface area contributed by atoms with Gasteiger partial charge in [0.15, 0.2) is 0 Å². The Morgan fingerprint density at radius 1 is 1.15 bits per heavy atom. The average Bonchev–Trinajstić information content (AvgIpc) is 2.83. The van der Waals surface area contributed by atoms with Crippen LogP contribution in [0.5, 0.6) is 0 Å². The smallest absolute Gasteiger partial charge is 0.230 e. The lowest BCUT2D eigenvalue weighted by Crippen LogP contribution is -2.14. The molecule has 2 aromatic carbocycles. The first-order chi connectivity index (χ1) is 9.70. The van der Waals surface area contributed by atoms with Crippen LogP contribution in [0.15, 0.2) is 42.5 Å². The molecule has 1 N–H and O–H groups in total. The maximum atomic E-state index is 12.0. The Morgan fingerprint density at radius 2 is 1.95 bits per heavy atom. The van der Waals surface area contributed by atoms with Gasteiger partial charge < -0.3 is 5.32 Å². The van der Waals surface area contributed by atoms with Crippen LogP contribution in [0.4, 0.5) is 5.13 Å². The minimum Gasteiger partial charge on any atom is -0.300 e. The SMILES string of the molecule is Cc1nnc(NC(=O)Cc2ccc3ccccc3c2)s1. The number of carbonyl (C=O) groups excluding carboxylic acids is 1. The summed E-state index contributed by atoms with van der Waals surface area (Å²) in [6.45, 7) is 1.86. The lowest BCUT2D eigenvalue weighted by molar-refractivity contribution is -0.115. The summed E-state index contributed by atoms with van der Waals surface area (Å²) in [5.74, 6) is -0.0727. The summed E-state index contributed by atoms with van der Waals surface area (Å²) < 4.78 is 0. The highest BCUT2D eigenvalue weighted by Gasteiger charge is 2.07. The fourth-order valence-electron chi connectivity index (χ4n) is 2.04. The number of fused-ring (bicyclic) bond motifs is 1. The number of hydrogen-bond donors (Lipinski definition) is 1. The number of benzene rings is 2. The molecule has 1 aromatic heterocycles. The number of carbonyl (C=O) groups is 1. The van der Waals surface area contributed by atoms with Crippen molar-refractivity contribution in [2.45, 2.75) is 13.3 Å². The second-order valence-corrected chi connectivity index (χ2v) is 5.71. The van der Waals surface area contributed by atoms with Crippen molar-refractivity contribution in [3.63, 3.8) is 0 Å². The van der Waals surface area contributed by atoms with E-state index in [4.69, 9.17) is 0 Å². The van der Waals surface area contributed by atoms with Crippen LogP contribution in [0, 0.1) is 6.92 Å². The molecule has 0 aliphatic rings. The second kappa shape index (κ2) is 5.38. The minimum atomic E-state index is -0.0727. The molecule has 3 aromatic rings. The zero-order chi connectivity index (χ0) is 13.9. The molecule has 0 bridgehead atoms. The first-order valence-corrected chi connectivity index (χ1v) is 7.10. The number of rotatable bonds is 3. The molecule has 0 aliphatic heterocycles. The molecule has 0 fully saturated rings. The van der Waals surface area contributed by atoms with Crippen molar-refractivity contribution in [1.82, 2.24) is 10.2 Å². The van der Waals surface area contributed by atoms with E-state index < -0.39 is 0 Å². The lowest BCUT2D eigenvalue weighted by Gasteiger charge is -2.03. The highest BCUT2D eigenvalue weighted by molar-refractivity contribution is 7.15. The first kappa shape index (κ1) is 12.7. The molecule has 0 atom stereocenters. The van der Waals surface area contributed by atoms with Gasteiger partial charge in [0.2, 0.25) is 11.0 Å². The molecule has 5 heteroatoms. The zero-order valence-electron chi connectivity index (χ0n) is 11.0. The van der Waals surface area contributed by atoms with Gasteiger partial charge in [-0.3, -0.25) is 4.79 Å². The summed E-state index contributed by atoms with van der Waals surface area (Å²) >= 11 is 1.38. The number of amides is 1. The zero-order valence-corrected chi connectivity index (χ0v) is 11.8. The van der Waals surface area contributed by atoms with Crippen molar-refractivity contribution < 1.29 is 4.79 Å². The van der Waals surface area contributed by atoms with Crippen LogP contribution in [0.25, 0.3) is 10.8 Å². The van der Waals surface area contributed by atoms with E-state index in [-0.39, 0.29) is 5.91 Å². The summed E-state index contributed by atoms with van der Waals surface area (Å²) in [6, 6.07) is 14.2. The van der Waals surface area contributed by atoms with Gasteiger partial charge in [-0.15, -0.1) is 10.2 Å². The molecular formula is C15H13N3OS. The third-order valence-electron chi connectivity index (χ3n) is 2.95. The fourth-order valence-corrected chi connectivity index (χ4v) is 2.65. The molecule has 0 saturated heterocycles. The van der Waals surface area contributed by atoms with Crippen molar-refractivity contribution in [3.8, 4) is 0 Å². The van der Waals surface area contributed by atoms with E-state index in [2.05, 4.69) is 21.6 Å². The largest absolute Gasteiger partial charge is 0.300 e. The summed E-state index contributed by atoms with van der Waals surface area (Å²) in [4.78, 5) is 12.0. The van der Waals surface area contributed by atoms with Crippen LogP contribution in [-0.2, 0) is 11.2 Å². The van der Waals surface area contributed by atoms with Crippen molar-refractivity contribution in [1.29, 1.82) is 0 Å². The number of hydrogen-bond acceptors (Lipinski definition) is 4. The topological polar surface area (TPSA) is 54.9 Å². The predicted molar refractivity (Wildman–Crippen MR) is 80.9 cm³/mol. The minimum absolute atomic E-state index is 0.0727. The standard InChI is InChI=1S/C15H13N3OS/c1-10-17-18-15(20-10)16-14(19)9-11-6-7-12-4-2-3-5-13(12)8-11/h2-8H,9H2,1H3,(H,16,18,19). The van der Waals surface area contributed by atoms with Crippen LogP contribution < -0.4 is 5.32 Å². The molecule has 4 nitrogen and oxygen atoms in total. The second-order valence-electron chi connectivity index (χ2n) is 4.53. The summed E-state index contributed by atoms with van der Waals surface area (Å²) in [6.07, 6.45) is 0.337. The number of nitrogens with zero attached hydrogens (tertiary/aromatic N) is 2. The van der Waals surface area contributed by atoms with Crippen molar-refractivity contribution in [2.24, 2.45) is 0 Å². The Hall–Kier alpha value is -2.27. The van der Waals surface area contributed by atoms with Crippen LogP contribution in [0.1, 0.15) is 10.6 Å². The Bertz CT molecular complexity index is 766. The monoisotopic (exact) mass is 283 g/mol. The Morgan fingerprint density at radius 3 is 2.70 bits per heavy atom. The first-order valence-electron chi connectivity index (χ1n) is 6.28. The van der Waals surface area contributed by atoms with Crippen molar-refractivity contribution in [3.05, 3.63) is 53.0 Å². The van der Waals surface area contributed by atoms with Crippen LogP contribution in [-0.4, -0.2) is 16.1 Å². The predicted octanol–water partition coefficient (Wildman–Crippen LogP) is 3.18. The molecule has 100 valence electrons. The van der Waals surface area contributed by atoms with Gasteiger partial charge >= 0.3 is 0 Å². The molecule has 1 amide bonds. The average molecular weight is 283 g/mol. The van der Waals surface area contributed by atoms with Gasteiger partial charge in [0, 0.05) is 0 Å². The molecule has 1 heterocycles. The molecule has 0 spiro atoms. The van der Waals surface area contributed by atoms with Crippen molar-refractivity contribution in [2.75, 3.05) is 5.32 Å². The molecule has 0 radical (unpaired) electrons. The Kier molecular flexibility index (Phi) is 3.43. The Labute approximate surface area is 120 Å². The van der Waals surface area contributed by atoms with E-state index in [1.54, 1.807) is 0 Å². The highest BCUT2D eigenvalue weighted by atomic mass is 32.1. The summed E-state index contributed by atoms with van der Waals surface area (Å²) in [5, 5.41) is 14.2. The molecule has 3 rings (SSSR count). The highest BCUT2D eigenvalue weighted by Crippen LogP contribution is 2.17. The van der Waals surface area contributed by atoms with Gasteiger partial charge in [0.05, 0.1) is 6.42 Å². The maximum Gasteiger partial charge on any atom is 0.230 e. The third-order valence-corrected chi connectivity index (χ3v) is 3.71. The van der Waals surface area contributed by atoms with E-state index in [0.29, 0.717) is 11.6 Å². The quantitative estimate of drug-likeness (QED) is 0.803. The van der Waals surface area contributed by atoms with Gasteiger partial charge in [0.25, 0.3) is 0 Å². The number of aromatic nitrogens is 2. The number of anilines is 1. The number of nitrogens with one attached hydrogen (secondary N) is 1. The fraction of sp³-hybridized carbons (Fsp3) is 0.133. The van der Waals surface area contributed by atoms with Crippen LogP contribution in [0.3, 0.4) is 0 Å². The van der Waals surface area contributed by atoms with E-state index >= 15 is 0 Å². The molecule has 20 heavy (non-hydrogen) atoms. The molecule has 0 unspecified atom stereocenters. The maximum absolute atomic E-state index is 12.0. The van der Waals surface area contributed by atoms with Gasteiger partial charge in [-0.2, -0.15) is 0 Å². The van der Waals surface area contributed by atoms with Gasteiger partial charge in [-0.25, -0.2) is 0 Å². The van der Waals surface area contributed by atoms with Gasteiger partial charge in [-0.1, -0.05) is 53.8 Å². The molecule has 0 saturated carbocycles. The molecule has 0 aliphatic carbocycles. The van der Waals surface area contributed by atoms with E-state index in [9.17, 15) is 4.79 Å². The lowest BCUT2D eigenvalue weighted by atomic mass is 10.1. The third kappa shape index (κ3) is 2.83. The van der Waals surface area contributed by atoms with Crippen LogP contribution in [0.2, 0.25) is 0 Å². The van der Waals surface area contributed by atoms with Gasteiger partial charge in [0.1, 0.15) is 5.01 Å². The van der Waals surface area contributed by atoms with Crippen molar-refractivity contribution >= 4 is 33.1 Å². The van der Waals surface area contributed by atoms with E-state index in [1.807, 2.05) is 43.3 Å². The van der Waals surface area contributed by atoms with Crippen LogP contribution >= 0.6 is 11.3 Å². The van der Waals surface area contributed by atoms with E-state index in [1.165, 1.54) is 16.7 Å². The summed E-state index contributed by atoms with van der Waals surface area (Å²) in [7, 11) is 0. The van der Waals surface area contributed by atoms with Gasteiger partial charge in [-0.05, 0) is 23.3 Å². The molecular weight excluding hydrogens is 270 g/mol. The van der Waals surface area contributed by atoms with E-state index in [0.717, 1.165) is 16.0 Å². The Balaban J connectivity index is 1.73. The number of aryl methyl sites for hydroxylation is 1. The normalized spacial score (nSPS) is 10.7.